The minimum Gasteiger partial charge on any atom is -0.357 e. The van der Waals surface area contributed by atoms with Crippen LogP contribution in [0.15, 0.2) is 18.2 Å². The Kier molecular flexibility index (Phi) is 2.49. The first-order valence-electron chi connectivity index (χ1n) is 5.34. The van der Waals surface area contributed by atoms with Crippen molar-refractivity contribution in [2.24, 2.45) is 0 Å². The lowest BCUT2D eigenvalue weighted by Crippen LogP contribution is -2.21. The predicted octanol–water partition coefficient (Wildman–Crippen LogP) is 2.21. The van der Waals surface area contributed by atoms with E-state index in [2.05, 4.69) is 15.6 Å². The second-order valence-electron chi connectivity index (χ2n) is 3.97. The van der Waals surface area contributed by atoms with Gasteiger partial charge in [0.25, 0.3) is 0 Å². The van der Waals surface area contributed by atoms with Crippen molar-refractivity contribution < 1.29 is 4.39 Å². The van der Waals surface area contributed by atoms with Crippen LogP contribution in [0.25, 0.3) is 10.2 Å². The summed E-state index contributed by atoms with van der Waals surface area (Å²) >= 11 is 1.51. The van der Waals surface area contributed by atoms with E-state index in [0.29, 0.717) is 6.04 Å². The van der Waals surface area contributed by atoms with E-state index in [9.17, 15) is 4.39 Å². The van der Waals surface area contributed by atoms with Gasteiger partial charge in [-0.25, -0.2) is 9.37 Å². The Morgan fingerprint density at radius 2 is 2.44 bits per heavy atom. The Balaban J connectivity index is 1.86. The van der Waals surface area contributed by atoms with E-state index in [4.69, 9.17) is 0 Å². The van der Waals surface area contributed by atoms with Gasteiger partial charge in [0.05, 0.1) is 10.2 Å². The number of hydrogen-bond donors (Lipinski definition) is 2. The van der Waals surface area contributed by atoms with Crippen molar-refractivity contribution in [3.8, 4) is 0 Å². The minimum atomic E-state index is -0.203. The number of nitrogens with one attached hydrogen (secondary N) is 2. The smallest absolute Gasteiger partial charge is 0.184 e. The Morgan fingerprint density at radius 3 is 3.25 bits per heavy atom. The van der Waals surface area contributed by atoms with Crippen LogP contribution in [0.5, 0.6) is 0 Å². The van der Waals surface area contributed by atoms with Crippen LogP contribution >= 0.6 is 11.3 Å². The average molecular weight is 237 g/mol. The second kappa shape index (κ2) is 3.99. The van der Waals surface area contributed by atoms with Gasteiger partial charge in [0.15, 0.2) is 5.13 Å². The van der Waals surface area contributed by atoms with Crippen LogP contribution in [-0.2, 0) is 0 Å². The molecule has 0 saturated carbocycles. The van der Waals surface area contributed by atoms with Crippen LogP contribution in [-0.4, -0.2) is 24.1 Å². The lowest BCUT2D eigenvalue weighted by molar-refractivity contribution is 0.630. The summed E-state index contributed by atoms with van der Waals surface area (Å²) in [6, 6.07) is 5.15. The number of benzene rings is 1. The highest BCUT2D eigenvalue weighted by atomic mass is 32.1. The fourth-order valence-corrected chi connectivity index (χ4v) is 2.88. The van der Waals surface area contributed by atoms with E-state index < -0.39 is 0 Å². The molecule has 5 heteroatoms. The molecule has 0 aliphatic carbocycles. The van der Waals surface area contributed by atoms with Crippen LogP contribution in [0.1, 0.15) is 6.42 Å². The molecule has 1 fully saturated rings. The van der Waals surface area contributed by atoms with Gasteiger partial charge in [-0.15, -0.1) is 0 Å². The van der Waals surface area contributed by atoms with Gasteiger partial charge in [0, 0.05) is 12.6 Å². The van der Waals surface area contributed by atoms with E-state index in [1.807, 2.05) is 0 Å². The molecular formula is C11H12FN3S. The molecular weight excluding hydrogens is 225 g/mol. The maximum absolute atomic E-state index is 13.0. The topological polar surface area (TPSA) is 37.0 Å². The molecule has 0 amide bonds. The molecule has 2 heterocycles. The molecule has 0 radical (unpaired) electrons. The quantitative estimate of drug-likeness (QED) is 0.841. The summed E-state index contributed by atoms with van der Waals surface area (Å²) in [6.45, 7) is 2.03. The zero-order chi connectivity index (χ0) is 11.0. The third kappa shape index (κ3) is 1.88. The van der Waals surface area contributed by atoms with Gasteiger partial charge in [0.2, 0.25) is 0 Å². The van der Waals surface area contributed by atoms with Crippen LogP contribution in [0.2, 0.25) is 0 Å². The van der Waals surface area contributed by atoms with Crippen LogP contribution in [0.3, 0.4) is 0 Å². The summed E-state index contributed by atoms with van der Waals surface area (Å²) in [5, 5.41) is 7.55. The van der Waals surface area contributed by atoms with Crippen molar-refractivity contribution in [1.29, 1.82) is 0 Å². The first-order valence-corrected chi connectivity index (χ1v) is 6.16. The third-order valence-corrected chi connectivity index (χ3v) is 3.69. The van der Waals surface area contributed by atoms with Gasteiger partial charge >= 0.3 is 0 Å². The number of halogens is 1. The zero-order valence-corrected chi connectivity index (χ0v) is 9.48. The molecule has 1 aromatic carbocycles. The third-order valence-electron chi connectivity index (χ3n) is 2.74. The summed E-state index contributed by atoms with van der Waals surface area (Å²) < 4.78 is 13.9. The molecule has 1 atom stereocenters. The summed E-state index contributed by atoms with van der Waals surface area (Å²) in [5.41, 5.74) is 0.861. The molecule has 16 heavy (non-hydrogen) atoms. The molecule has 84 valence electrons. The maximum Gasteiger partial charge on any atom is 0.184 e. The standard InChI is InChI=1S/C11H12FN3S/c12-7-1-2-9-10(5-7)16-11(15-9)14-8-3-4-13-6-8/h1-2,5,8,13H,3-4,6H2,(H,14,15). The molecule has 2 N–H and O–H groups in total. The normalized spacial score (nSPS) is 20.4. The SMILES string of the molecule is Fc1ccc2nc(NC3CCNC3)sc2c1. The van der Waals surface area contributed by atoms with E-state index in [1.54, 1.807) is 6.07 Å². The lowest BCUT2D eigenvalue weighted by Gasteiger charge is -2.08. The Bertz CT molecular complexity index is 505. The molecule has 0 spiro atoms. The van der Waals surface area contributed by atoms with Crippen molar-refractivity contribution in [2.45, 2.75) is 12.5 Å². The summed E-state index contributed by atoms with van der Waals surface area (Å²) in [6.07, 6.45) is 1.12. The first-order chi connectivity index (χ1) is 7.81. The average Bonchev–Trinajstić information content (AvgIpc) is 2.86. The summed E-state index contributed by atoms with van der Waals surface area (Å²) in [4.78, 5) is 4.43. The van der Waals surface area contributed by atoms with Crippen LogP contribution < -0.4 is 10.6 Å². The molecule has 0 bridgehead atoms. The molecule has 1 saturated heterocycles. The van der Waals surface area contributed by atoms with Crippen molar-refractivity contribution >= 4 is 26.7 Å². The van der Waals surface area contributed by atoms with Gasteiger partial charge < -0.3 is 10.6 Å². The second-order valence-corrected chi connectivity index (χ2v) is 5.00. The van der Waals surface area contributed by atoms with Gasteiger partial charge in [0.1, 0.15) is 5.82 Å². The molecule has 3 rings (SSSR count). The summed E-state index contributed by atoms with van der Waals surface area (Å²) in [5.74, 6) is -0.203. The van der Waals surface area contributed by atoms with Crippen molar-refractivity contribution in [1.82, 2.24) is 10.3 Å². The van der Waals surface area contributed by atoms with Gasteiger partial charge in [-0.1, -0.05) is 11.3 Å². The van der Waals surface area contributed by atoms with E-state index in [1.165, 1.54) is 23.5 Å². The molecule has 1 aliphatic heterocycles. The number of anilines is 1. The van der Waals surface area contributed by atoms with Gasteiger partial charge in [-0.05, 0) is 31.2 Å². The number of thiazole rings is 1. The predicted molar refractivity (Wildman–Crippen MR) is 64.5 cm³/mol. The number of aromatic nitrogens is 1. The van der Waals surface area contributed by atoms with Crippen molar-refractivity contribution in [2.75, 3.05) is 18.4 Å². The molecule has 1 aliphatic rings. The Labute approximate surface area is 96.7 Å². The Morgan fingerprint density at radius 1 is 1.50 bits per heavy atom. The van der Waals surface area contributed by atoms with Gasteiger partial charge in [-0.3, -0.25) is 0 Å². The fraction of sp³-hybridized carbons (Fsp3) is 0.364. The number of rotatable bonds is 2. The number of fused-ring (bicyclic) bond motifs is 1. The fourth-order valence-electron chi connectivity index (χ4n) is 1.91. The van der Waals surface area contributed by atoms with Crippen molar-refractivity contribution in [3.05, 3.63) is 24.0 Å². The summed E-state index contributed by atoms with van der Waals surface area (Å²) in [7, 11) is 0. The highest BCUT2D eigenvalue weighted by Crippen LogP contribution is 2.27. The van der Waals surface area contributed by atoms with Crippen LogP contribution in [0.4, 0.5) is 9.52 Å². The van der Waals surface area contributed by atoms with Gasteiger partial charge in [-0.2, -0.15) is 0 Å². The van der Waals surface area contributed by atoms with E-state index in [-0.39, 0.29) is 5.82 Å². The number of nitrogens with zero attached hydrogens (tertiary/aromatic N) is 1. The monoisotopic (exact) mass is 237 g/mol. The highest BCUT2D eigenvalue weighted by molar-refractivity contribution is 7.22. The maximum atomic E-state index is 13.0. The van der Waals surface area contributed by atoms with Crippen LogP contribution in [0, 0.1) is 5.82 Å². The Hall–Kier alpha value is -1.20. The minimum absolute atomic E-state index is 0.203. The molecule has 1 aromatic heterocycles. The largest absolute Gasteiger partial charge is 0.357 e. The highest BCUT2D eigenvalue weighted by Gasteiger charge is 2.15. The molecule has 1 unspecified atom stereocenters. The molecule has 2 aromatic rings. The number of hydrogen-bond acceptors (Lipinski definition) is 4. The van der Waals surface area contributed by atoms with Crippen molar-refractivity contribution in [3.63, 3.8) is 0 Å². The first kappa shape index (κ1) is 9.99. The zero-order valence-electron chi connectivity index (χ0n) is 8.66. The lowest BCUT2D eigenvalue weighted by atomic mass is 10.3. The van der Waals surface area contributed by atoms with E-state index >= 15 is 0 Å². The van der Waals surface area contributed by atoms with E-state index in [0.717, 1.165) is 34.9 Å². The molecule has 3 nitrogen and oxygen atoms in total.